The van der Waals surface area contributed by atoms with E-state index in [-0.39, 0.29) is 5.82 Å². The summed E-state index contributed by atoms with van der Waals surface area (Å²) in [5.74, 6) is -1.24. The molecule has 1 aliphatic carbocycles. The van der Waals surface area contributed by atoms with Crippen LogP contribution in [0.1, 0.15) is 24.5 Å². The highest BCUT2D eigenvalue weighted by atomic mass is 19.1. The summed E-state index contributed by atoms with van der Waals surface area (Å²) in [4.78, 5) is 11.4. The predicted octanol–water partition coefficient (Wildman–Crippen LogP) is 1.66. The molecule has 1 atom stereocenters. The van der Waals surface area contributed by atoms with Crippen LogP contribution in [0.25, 0.3) is 0 Å². The van der Waals surface area contributed by atoms with Gasteiger partial charge in [0.05, 0.1) is 0 Å². The summed E-state index contributed by atoms with van der Waals surface area (Å²) in [6, 6.07) is 4.64. The van der Waals surface area contributed by atoms with E-state index in [9.17, 15) is 14.3 Å². The Morgan fingerprint density at radius 1 is 1.62 bits per heavy atom. The molecule has 3 nitrogen and oxygen atoms in total. The highest BCUT2D eigenvalue weighted by Crippen LogP contribution is 2.38. The minimum Gasteiger partial charge on any atom is -0.480 e. The number of aliphatic carboxylic acids is 1. The number of carboxylic acids is 1. The minimum atomic E-state index is -1.10. The maximum atomic E-state index is 13.5. The lowest BCUT2D eigenvalue weighted by molar-refractivity contribution is -0.145. The first-order valence-electron chi connectivity index (χ1n) is 5.38. The van der Waals surface area contributed by atoms with E-state index in [2.05, 4.69) is 5.32 Å². The molecule has 0 radical (unpaired) electrons. The second-order valence-electron chi connectivity index (χ2n) is 4.01. The van der Waals surface area contributed by atoms with Crippen molar-refractivity contribution in [3.05, 3.63) is 35.1 Å². The third-order valence-electron chi connectivity index (χ3n) is 3.17. The van der Waals surface area contributed by atoms with Crippen molar-refractivity contribution in [3.63, 3.8) is 0 Å². The topological polar surface area (TPSA) is 49.3 Å². The van der Waals surface area contributed by atoms with Crippen LogP contribution in [0.4, 0.5) is 4.39 Å². The summed E-state index contributed by atoms with van der Waals surface area (Å²) in [6.07, 6.45) is 0.883. The Labute approximate surface area is 93.3 Å². The van der Waals surface area contributed by atoms with Crippen molar-refractivity contribution in [2.75, 3.05) is 6.54 Å². The number of nitrogens with one attached hydrogen (secondary N) is 1. The Morgan fingerprint density at radius 2 is 2.38 bits per heavy atom. The summed E-state index contributed by atoms with van der Waals surface area (Å²) in [5.41, 5.74) is -0.000625. The number of halogens is 1. The van der Waals surface area contributed by atoms with Gasteiger partial charge in [-0.15, -0.1) is 0 Å². The van der Waals surface area contributed by atoms with Crippen molar-refractivity contribution in [2.24, 2.45) is 0 Å². The molecule has 0 spiro atoms. The smallest absolute Gasteiger partial charge is 0.328 e. The van der Waals surface area contributed by atoms with E-state index >= 15 is 0 Å². The number of fused-ring (bicyclic) bond motifs is 1. The van der Waals surface area contributed by atoms with Crippen LogP contribution in [0.15, 0.2) is 18.2 Å². The summed E-state index contributed by atoms with van der Waals surface area (Å²) in [6.45, 7) is 2.39. The maximum Gasteiger partial charge on any atom is 0.328 e. The van der Waals surface area contributed by atoms with Crippen LogP contribution < -0.4 is 5.32 Å². The van der Waals surface area contributed by atoms with Crippen LogP contribution in [-0.2, 0) is 16.8 Å². The zero-order valence-corrected chi connectivity index (χ0v) is 9.09. The van der Waals surface area contributed by atoms with E-state index in [4.69, 9.17) is 0 Å². The molecule has 0 aromatic heterocycles. The normalized spacial score (nSPS) is 23.1. The fourth-order valence-corrected chi connectivity index (χ4v) is 2.44. The number of carbonyl (C=O) groups is 1. The quantitative estimate of drug-likeness (QED) is 0.819. The van der Waals surface area contributed by atoms with Crippen molar-refractivity contribution < 1.29 is 14.3 Å². The first kappa shape index (κ1) is 11.1. The molecule has 0 saturated heterocycles. The van der Waals surface area contributed by atoms with Crippen LogP contribution in [0.3, 0.4) is 0 Å². The van der Waals surface area contributed by atoms with Crippen molar-refractivity contribution in [1.29, 1.82) is 0 Å². The lowest BCUT2D eigenvalue weighted by Crippen LogP contribution is -2.47. The number of hydrogen-bond donors (Lipinski definition) is 2. The van der Waals surface area contributed by atoms with Gasteiger partial charge in [0.25, 0.3) is 0 Å². The van der Waals surface area contributed by atoms with Gasteiger partial charge in [0.1, 0.15) is 11.4 Å². The first-order chi connectivity index (χ1) is 7.62. The highest BCUT2D eigenvalue weighted by Gasteiger charge is 2.45. The molecule has 4 heteroatoms. The van der Waals surface area contributed by atoms with Crippen molar-refractivity contribution in [3.8, 4) is 0 Å². The van der Waals surface area contributed by atoms with E-state index in [1.807, 2.05) is 6.92 Å². The second-order valence-corrected chi connectivity index (χ2v) is 4.01. The Hall–Kier alpha value is -1.42. The van der Waals surface area contributed by atoms with Gasteiger partial charge in [0.15, 0.2) is 0 Å². The number of rotatable bonds is 3. The van der Waals surface area contributed by atoms with Gasteiger partial charge < -0.3 is 5.11 Å². The van der Waals surface area contributed by atoms with E-state index in [1.54, 1.807) is 12.1 Å². The third kappa shape index (κ3) is 1.41. The number of likely N-dealkylation sites (N-methyl/N-ethyl adjacent to an activating group) is 1. The summed E-state index contributed by atoms with van der Waals surface area (Å²) >= 11 is 0. The highest BCUT2D eigenvalue weighted by molar-refractivity contribution is 5.82. The average Bonchev–Trinajstić information content (AvgIpc) is 2.61. The molecule has 16 heavy (non-hydrogen) atoms. The molecule has 1 aliphatic rings. The van der Waals surface area contributed by atoms with Crippen molar-refractivity contribution in [2.45, 2.75) is 25.3 Å². The maximum absolute atomic E-state index is 13.5. The predicted molar refractivity (Wildman–Crippen MR) is 57.7 cm³/mol. The number of benzene rings is 1. The fourth-order valence-electron chi connectivity index (χ4n) is 2.44. The zero-order chi connectivity index (χ0) is 11.8. The lowest BCUT2D eigenvalue weighted by atomic mass is 9.92. The van der Waals surface area contributed by atoms with Gasteiger partial charge in [-0.05, 0) is 36.6 Å². The molecule has 0 aliphatic heterocycles. The van der Waals surface area contributed by atoms with Crippen LogP contribution in [0, 0.1) is 5.82 Å². The summed E-state index contributed by atoms with van der Waals surface area (Å²) in [7, 11) is 0. The molecule has 1 unspecified atom stereocenters. The largest absolute Gasteiger partial charge is 0.480 e. The molecule has 1 aromatic rings. The Balaban J connectivity index is 2.55. The average molecular weight is 223 g/mol. The van der Waals surface area contributed by atoms with Gasteiger partial charge in [-0.25, -0.2) is 9.18 Å². The van der Waals surface area contributed by atoms with Crippen LogP contribution in [0.5, 0.6) is 0 Å². The molecule has 1 aromatic carbocycles. The molecule has 0 bridgehead atoms. The SMILES string of the molecule is CCNC1(C(=O)O)CCc2c(F)cccc21. The van der Waals surface area contributed by atoms with Gasteiger partial charge >= 0.3 is 5.97 Å². The molecule has 0 heterocycles. The van der Waals surface area contributed by atoms with E-state index in [0.717, 1.165) is 0 Å². The third-order valence-corrected chi connectivity index (χ3v) is 3.17. The van der Waals surface area contributed by atoms with Gasteiger partial charge in [-0.1, -0.05) is 19.1 Å². The number of hydrogen-bond acceptors (Lipinski definition) is 2. The number of carboxylic acid groups (broad SMARTS) is 1. The van der Waals surface area contributed by atoms with E-state index in [0.29, 0.717) is 30.5 Å². The van der Waals surface area contributed by atoms with E-state index in [1.165, 1.54) is 6.07 Å². The molecular weight excluding hydrogens is 209 g/mol. The van der Waals surface area contributed by atoms with Crippen molar-refractivity contribution >= 4 is 5.97 Å². The standard InChI is InChI=1S/C12H14FNO2/c1-2-14-12(11(15)16)7-6-8-9(12)4-3-5-10(8)13/h3-5,14H,2,6-7H2,1H3,(H,15,16). The lowest BCUT2D eigenvalue weighted by Gasteiger charge is -2.26. The van der Waals surface area contributed by atoms with Crippen LogP contribution in [0.2, 0.25) is 0 Å². The molecular formula is C12H14FNO2. The van der Waals surface area contributed by atoms with Gasteiger partial charge in [-0.3, -0.25) is 5.32 Å². The first-order valence-corrected chi connectivity index (χ1v) is 5.38. The molecule has 0 saturated carbocycles. The zero-order valence-electron chi connectivity index (χ0n) is 9.09. The van der Waals surface area contributed by atoms with Crippen LogP contribution in [-0.4, -0.2) is 17.6 Å². The second kappa shape index (κ2) is 3.87. The van der Waals surface area contributed by atoms with E-state index < -0.39 is 11.5 Å². The van der Waals surface area contributed by atoms with Gasteiger partial charge in [0, 0.05) is 0 Å². The molecule has 0 fully saturated rings. The van der Waals surface area contributed by atoms with Crippen LogP contribution >= 0.6 is 0 Å². The minimum absolute atomic E-state index is 0.307. The summed E-state index contributed by atoms with van der Waals surface area (Å²) in [5, 5.41) is 12.3. The van der Waals surface area contributed by atoms with Crippen molar-refractivity contribution in [1.82, 2.24) is 5.32 Å². The molecule has 2 N–H and O–H groups in total. The Kier molecular flexibility index (Phi) is 2.68. The summed E-state index contributed by atoms with van der Waals surface area (Å²) < 4.78 is 13.5. The molecule has 86 valence electrons. The Morgan fingerprint density at radius 3 is 3.00 bits per heavy atom. The monoisotopic (exact) mass is 223 g/mol. The Bertz CT molecular complexity index is 433. The molecule has 0 amide bonds. The fraction of sp³-hybridized carbons (Fsp3) is 0.417. The van der Waals surface area contributed by atoms with Gasteiger partial charge in [-0.2, -0.15) is 0 Å². The molecule has 2 rings (SSSR count). The van der Waals surface area contributed by atoms with Gasteiger partial charge in [0.2, 0.25) is 0 Å².